The topological polar surface area (TPSA) is 53.1 Å². The Morgan fingerprint density at radius 3 is 2.03 bits per heavy atom. The Kier molecular flexibility index (Phi) is 17.7. The first-order chi connectivity index (χ1) is 15.8. The molecule has 0 unspecified atom stereocenters. The molecule has 0 fully saturated rings. The summed E-state index contributed by atoms with van der Waals surface area (Å²) < 4.78 is 0. The summed E-state index contributed by atoms with van der Waals surface area (Å²) in [7, 11) is 0. The molecule has 0 atom stereocenters. The summed E-state index contributed by atoms with van der Waals surface area (Å²) in [5, 5.41) is 9.03. The summed E-state index contributed by atoms with van der Waals surface area (Å²) in [6, 6.07) is 3.53. The molecule has 0 amide bonds. The number of aliphatic hydroxyl groups excluding tert-OH is 1. The van der Waals surface area contributed by atoms with Gasteiger partial charge in [-0.1, -0.05) is 93.4 Å². The van der Waals surface area contributed by atoms with Crippen LogP contribution in [0.1, 0.15) is 100 Å². The van der Waals surface area contributed by atoms with Crippen LogP contribution >= 0.6 is 0 Å². The molecule has 1 aromatic rings. The number of hydrogen-bond donors (Lipinski definition) is 2. The molecule has 0 saturated carbocycles. The summed E-state index contributed by atoms with van der Waals surface area (Å²) >= 11 is 0. The van der Waals surface area contributed by atoms with Crippen molar-refractivity contribution in [3.05, 3.63) is 84.3 Å². The predicted molar refractivity (Wildman–Crippen MR) is 138 cm³/mol. The van der Waals surface area contributed by atoms with Crippen LogP contribution in [0.5, 0.6) is 0 Å². The van der Waals surface area contributed by atoms with Crippen molar-refractivity contribution in [1.82, 2.24) is 4.98 Å². The fraction of sp³-hybridized carbons (Fsp3) is 0.483. The van der Waals surface area contributed by atoms with Crippen LogP contribution in [0.4, 0.5) is 0 Å². The lowest BCUT2D eigenvalue weighted by atomic mass is 10.1. The van der Waals surface area contributed by atoms with Crippen molar-refractivity contribution < 1.29 is 9.90 Å². The van der Waals surface area contributed by atoms with Gasteiger partial charge in [-0.05, 0) is 57.1 Å². The van der Waals surface area contributed by atoms with Gasteiger partial charge in [-0.15, -0.1) is 0 Å². The standard InChI is InChI=1S/C29H43NO2/c1-2-3-4-5-6-7-8-9-10-11-12-13-14-15-16-17-18-19-20-21-22-23-29(32)28-25-24-27(26-31)30-28/h3-6,8-9,11-12,14-15,24-25,30-31H,2,7,10,13,16-23,26H2,1H3/b4-3-,6-5-,9-8-,12-11-,15-14-. The normalized spacial score (nSPS) is 12.6. The van der Waals surface area contributed by atoms with Gasteiger partial charge in [0, 0.05) is 12.1 Å². The number of H-pyrrole nitrogens is 1. The number of Topliss-reactive ketones (excluding diaryl/α,β-unsaturated/α-hetero) is 1. The van der Waals surface area contributed by atoms with E-state index in [1.54, 1.807) is 12.1 Å². The first-order valence-corrected chi connectivity index (χ1v) is 12.4. The third-order valence-electron chi connectivity index (χ3n) is 5.18. The summed E-state index contributed by atoms with van der Waals surface area (Å²) in [5.74, 6) is 0.146. The van der Waals surface area contributed by atoms with Gasteiger partial charge in [-0.25, -0.2) is 0 Å². The van der Waals surface area contributed by atoms with E-state index in [0.717, 1.165) is 44.9 Å². The van der Waals surface area contributed by atoms with E-state index in [1.165, 1.54) is 25.7 Å². The molecule has 3 heteroatoms. The Morgan fingerprint density at radius 2 is 1.38 bits per heavy atom. The van der Waals surface area contributed by atoms with E-state index < -0.39 is 0 Å². The smallest absolute Gasteiger partial charge is 0.179 e. The average Bonchev–Trinajstić information content (AvgIpc) is 3.29. The van der Waals surface area contributed by atoms with Crippen molar-refractivity contribution in [2.45, 2.75) is 90.6 Å². The molecule has 0 bridgehead atoms. The Hall–Kier alpha value is -2.39. The third-order valence-corrected chi connectivity index (χ3v) is 5.18. The van der Waals surface area contributed by atoms with E-state index in [9.17, 15) is 4.79 Å². The predicted octanol–water partition coefficient (Wildman–Crippen LogP) is 8.17. The fourth-order valence-electron chi connectivity index (χ4n) is 3.29. The summed E-state index contributed by atoms with van der Waals surface area (Å²) in [4.78, 5) is 15.0. The lowest BCUT2D eigenvalue weighted by Gasteiger charge is -2.01. The Balaban J connectivity index is 1.89. The highest BCUT2D eigenvalue weighted by atomic mass is 16.3. The SMILES string of the molecule is CC/C=C\C=C/C/C=C\C/C=C\C/C=C\CCCCCCCCC(=O)c1ccc(CO)[nH]1. The van der Waals surface area contributed by atoms with Gasteiger partial charge in [0.2, 0.25) is 0 Å². The van der Waals surface area contributed by atoms with Crippen LogP contribution in [0.2, 0.25) is 0 Å². The van der Waals surface area contributed by atoms with Crippen molar-refractivity contribution >= 4 is 5.78 Å². The van der Waals surface area contributed by atoms with Gasteiger partial charge in [-0.3, -0.25) is 4.79 Å². The molecule has 1 heterocycles. The zero-order valence-corrected chi connectivity index (χ0v) is 20.0. The minimum absolute atomic E-state index is 0.0489. The largest absolute Gasteiger partial charge is 0.390 e. The highest BCUT2D eigenvalue weighted by Gasteiger charge is 2.07. The minimum atomic E-state index is -0.0489. The van der Waals surface area contributed by atoms with E-state index in [4.69, 9.17) is 5.11 Å². The Labute approximate surface area is 195 Å². The van der Waals surface area contributed by atoms with Gasteiger partial charge in [0.25, 0.3) is 0 Å². The van der Waals surface area contributed by atoms with E-state index in [1.807, 2.05) is 0 Å². The van der Waals surface area contributed by atoms with E-state index in [2.05, 4.69) is 72.7 Å². The molecule has 0 saturated heterocycles. The number of carbonyl (C=O) groups excluding carboxylic acids is 1. The summed E-state index contributed by atoms with van der Waals surface area (Å²) in [6.07, 6.45) is 34.9. The molecule has 3 nitrogen and oxygen atoms in total. The number of hydrogen-bond acceptors (Lipinski definition) is 2. The molecule has 2 N–H and O–H groups in total. The van der Waals surface area contributed by atoms with Crippen LogP contribution in [0.15, 0.2) is 72.9 Å². The number of allylic oxidation sites excluding steroid dienone is 10. The molecule has 0 aliphatic carbocycles. The molecule has 1 aromatic heterocycles. The molecule has 0 aromatic carbocycles. The number of aromatic nitrogens is 1. The molecule has 176 valence electrons. The monoisotopic (exact) mass is 437 g/mol. The minimum Gasteiger partial charge on any atom is -0.390 e. The molecular formula is C29H43NO2. The first kappa shape index (κ1) is 27.6. The number of rotatable bonds is 19. The number of aliphatic hydroxyl groups is 1. The van der Waals surface area contributed by atoms with E-state index in [-0.39, 0.29) is 12.4 Å². The maximum absolute atomic E-state index is 12.0. The first-order valence-electron chi connectivity index (χ1n) is 12.4. The highest BCUT2D eigenvalue weighted by Crippen LogP contribution is 2.12. The van der Waals surface area contributed by atoms with Crippen LogP contribution in [0, 0.1) is 0 Å². The van der Waals surface area contributed by atoms with Crippen molar-refractivity contribution in [2.75, 3.05) is 0 Å². The molecular weight excluding hydrogens is 394 g/mol. The highest BCUT2D eigenvalue weighted by molar-refractivity contribution is 5.94. The molecule has 0 radical (unpaired) electrons. The lowest BCUT2D eigenvalue weighted by Crippen LogP contribution is -1.99. The van der Waals surface area contributed by atoms with Gasteiger partial charge < -0.3 is 10.1 Å². The van der Waals surface area contributed by atoms with Crippen molar-refractivity contribution in [3.63, 3.8) is 0 Å². The molecule has 0 aliphatic heterocycles. The molecule has 32 heavy (non-hydrogen) atoms. The zero-order valence-electron chi connectivity index (χ0n) is 20.0. The molecule has 1 rings (SSSR count). The fourth-order valence-corrected chi connectivity index (χ4v) is 3.29. The van der Waals surface area contributed by atoms with Crippen LogP contribution < -0.4 is 0 Å². The van der Waals surface area contributed by atoms with Crippen LogP contribution in [-0.4, -0.2) is 15.9 Å². The van der Waals surface area contributed by atoms with Crippen LogP contribution in [-0.2, 0) is 6.61 Å². The number of aromatic amines is 1. The molecule has 0 aliphatic rings. The van der Waals surface area contributed by atoms with Crippen molar-refractivity contribution in [3.8, 4) is 0 Å². The third kappa shape index (κ3) is 15.4. The van der Waals surface area contributed by atoms with Gasteiger partial charge in [0.1, 0.15) is 0 Å². The average molecular weight is 438 g/mol. The summed E-state index contributed by atoms with van der Waals surface area (Å²) in [5.41, 5.74) is 1.32. The van der Waals surface area contributed by atoms with Crippen LogP contribution in [0.3, 0.4) is 0 Å². The van der Waals surface area contributed by atoms with Gasteiger partial charge in [0.15, 0.2) is 5.78 Å². The summed E-state index contributed by atoms with van der Waals surface area (Å²) in [6.45, 7) is 2.09. The van der Waals surface area contributed by atoms with Gasteiger partial charge in [-0.2, -0.15) is 0 Å². The number of nitrogens with one attached hydrogen (secondary N) is 1. The van der Waals surface area contributed by atoms with E-state index >= 15 is 0 Å². The van der Waals surface area contributed by atoms with Gasteiger partial charge >= 0.3 is 0 Å². The number of carbonyl (C=O) groups is 1. The second-order valence-corrected chi connectivity index (χ2v) is 8.02. The maximum Gasteiger partial charge on any atom is 0.179 e. The Bertz CT molecular complexity index is 734. The molecule has 0 spiro atoms. The van der Waals surface area contributed by atoms with Crippen molar-refractivity contribution in [2.24, 2.45) is 0 Å². The second-order valence-electron chi connectivity index (χ2n) is 8.02. The van der Waals surface area contributed by atoms with Crippen molar-refractivity contribution in [1.29, 1.82) is 0 Å². The number of ketones is 1. The number of unbranched alkanes of at least 4 members (excludes halogenated alkanes) is 6. The Morgan fingerprint density at radius 1 is 0.781 bits per heavy atom. The quantitative estimate of drug-likeness (QED) is 0.0992. The zero-order chi connectivity index (χ0) is 23.1. The van der Waals surface area contributed by atoms with E-state index in [0.29, 0.717) is 17.8 Å². The second kappa shape index (κ2) is 20.5. The maximum atomic E-state index is 12.0. The van der Waals surface area contributed by atoms with Crippen LogP contribution in [0.25, 0.3) is 0 Å². The van der Waals surface area contributed by atoms with Gasteiger partial charge in [0.05, 0.1) is 12.3 Å². The lowest BCUT2D eigenvalue weighted by molar-refractivity contribution is 0.0974.